The molecule has 1 aliphatic rings. The molecule has 1 saturated carbocycles. The van der Waals surface area contributed by atoms with Gasteiger partial charge >= 0.3 is 0 Å². The van der Waals surface area contributed by atoms with E-state index in [2.05, 4.69) is 18.7 Å². The summed E-state index contributed by atoms with van der Waals surface area (Å²) in [4.78, 5) is 2.30. The van der Waals surface area contributed by atoms with Gasteiger partial charge in [0.2, 0.25) is 10.0 Å². The lowest BCUT2D eigenvalue weighted by Gasteiger charge is -2.22. The van der Waals surface area contributed by atoms with Gasteiger partial charge < -0.3 is 9.64 Å². The predicted octanol–water partition coefficient (Wildman–Crippen LogP) is 3.87. The average Bonchev–Trinajstić information content (AvgIpc) is 3.14. The SMILES string of the molecule is COc1ccc(Cl)cc1N(C)C[C@@H]1[C@@H](c2ccc(S(N)(=O)=O)cc2)C1(C)C. The maximum absolute atomic E-state index is 11.5. The van der Waals surface area contributed by atoms with Crippen molar-refractivity contribution in [1.82, 2.24) is 0 Å². The Morgan fingerprint density at radius 3 is 2.37 bits per heavy atom. The quantitative estimate of drug-likeness (QED) is 0.787. The molecule has 3 rings (SSSR count). The van der Waals surface area contributed by atoms with Crippen molar-refractivity contribution in [3.63, 3.8) is 0 Å². The van der Waals surface area contributed by atoms with E-state index in [-0.39, 0.29) is 10.3 Å². The molecule has 7 heteroatoms. The van der Waals surface area contributed by atoms with E-state index in [1.807, 2.05) is 37.4 Å². The van der Waals surface area contributed by atoms with Gasteiger partial charge in [-0.25, -0.2) is 13.6 Å². The molecule has 0 heterocycles. The number of halogens is 1. The molecule has 0 amide bonds. The van der Waals surface area contributed by atoms with Gasteiger partial charge in [0.25, 0.3) is 0 Å². The Morgan fingerprint density at radius 2 is 1.81 bits per heavy atom. The maximum Gasteiger partial charge on any atom is 0.238 e. The number of ether oxygens (including phenoxy) is 1. The highest BCUT2D eigenvalue weighted by molar-refractivity contribution is 7.89. The summed E-state index contributed by atoms with van der Waals surface area (Å²) in [5.74, 6) is 1.56. The summed E-state index contributed by atoms with van der Waals surface area (Å²) in [5.41, 5.74) is 2.20. The molecule has 0 radical (unpaired) electrons. The van der Waals surface area contributed by atoms with Gasteiger partial charge in [-0.2, -0.15) is 0 Å². The number of primary sulfonamides is 1. The van der Waals surface area contributed by atoms with E-state index in [0.29, 0.717) is 16.9 Å². The van der Waals surface area contributed by atoms with Crippen LogP contribution in [-0.2, 0) is 10.0 Å². The normalized spacial score (nSPS) is 21.0. The number of nitrogens with two attached hydrogens (primary N) is 1. The van der Waals surface area contributed by atoms with Crippen LogP contribution in [0.2, 0.25) is 5.02 Å². The van der Waals surface area contributed by atoms with Crippen LogP contribution in [0, 0.1) is 11.3 Å². The molecule has 0 unspecified atom stereocenters. The summed E-state index contributed by atoms with van der Waals surface area (Å²) in [5, 5.41) is 5.86. The molecule has 0 saturated heterocycles. The summed E-state index contributed by atoms with van der Waals surface area (Å²) >= 11 is 6.16. The number of sulfonamides is 1. The minimum Gasteiger partial charge on any atom is -0.495 e. The highest BCUT2D eigenvalue weighted by Crippen LogP contribution is 2.64. The van der Waals surface area contributed by atoms with Gasteiger partial charge in [0.05, 0.1) is 17.7 Å². The van der Waals surface area contributed by atoms with Crippen LogP contribution in [-0.4, -0.2) is 29.1 Å². The van der Waals surface area contributed by atoms with E-state index in [1.54, 1.807) is 19.2 Å². The fourth-order valence-corrected chi connectivity index (χ4v) is 4.65. The summed E-state index contributed by atoms with van der Waals surface area (Å²) in [6, 6.07) is 12.5. The van der Waals surface area contributed by atoms with Crippen LogP contribution < -0.4 is 14.8 Å². The standard InChI is InChI=1S/C20H25ClN2O3S/c1-20(2)16(12-23(3)17-11-14(21)7-10-18(17)26-4)19(20)13-5-8-15(9-6-13)27(22,24)25/h5-11,16,19H,12H2,1-4H3,(H2,22,24,25)/t16-,19-/m1/s1. The van der Waals surface area contributed by atoms with Gasteiger partial charge in [0.15, 0.2) is 0 Å². The van der Waals surface area contributed by atoms with Gasteiger partial charge in [0, 0.05) is 18.6 Å². The smallest absolute Gasteiger partial charge is 0.238 e. The van der Waals surface area contributed by atoms with Gasteiger partial charge in [-0.3, -0.25) is 0 Å². The second-order valence-electron chi connectivity index (χ2n) is 7.72. The third-order valence-electron chi connectivity index (χ3n) is 5.64. The lowest BCUT2D eigenvalue weighted by molar-refractivity contribution is 0.414. The molecule has 2 atom stereocenters. The lowest BCUT2D eigenvalue weighted by Crippen LogP contribution is -2.22. The van der Waals surface area contributed by atoms with Crippen molar-refractivity contribution in [3.8, 4) is 5.75 Å². The summed E-state index contributed by atoms with van der Waals surface area (Å²) in [7, 11) is 0.0132. The number of hydrogen-bond acceptors (Lipinski definition) is 4. The molecular formula is C20H25ClN2O3S. The van der Waals surface area contributed by atoms with Gasteiger partial charge in [-0.1, -0.05) is 37.6 Å². The predicted molar refractivity (Wildman–Crippen MR) is 109 cm³/mol. The third-order valence-corrected chi connectivity index (χ3v) is 6.81. The molecule has 0 aliphatic heterocycles. The zero-order valence-electron chi connectivity index (χ0n) is 15.9. The van der Waals surface area contributed by atoms with E-state index >= 15 is 0 Å². The first kappa shape index (κ1) is 20.0. The van der Waals surface area contributed by atoms with E-state index in [9.17, 15) is 8.42 Å². The molecular weight excluding hydrogens is 384 g/mol. The average molecular weight is 409 g/mol. The molecule has 1 fully saturated rings. The second-order valence-corrected chi connectivity index (χ2v) is 9.71. The summed E-state index contributed by atoms with van der Waals surface area (Å²) < 4.78 is 28.4. The van der Waals surface area contributed by atoms with E-state index in [4.69, 9.17) is 21.5 Å². The van der Waals surface area contributed by atoms with Crippen LogP contribution in [0.4, 0.5) is 5.69 Å². The number of hydrogen-bond donors (Lipinski definition) is 1. The van der Waals surface area contributed by atoms with Crippen molar-refractivity contribution >= 4 is 27.3 Å². The Labute approximate surface area is 166 Å². The second kappa shape index (κ2) is 7.00. The van der Waals surface area contributed by atoms with Crippen LogP contribution >= 0.6 is 11.6 Å². The molecule has 1 aliphatic carbocycles. The Balaban J connectivity index is 1.79. The van der Waals surface area contributed by atoms with Crippen molar-refractivity contribution < 1.29 is 13.2 Å². The first-order valence-electron chi connectivity index (χ1n) is 8.73. The first-order chi connectivity index (χ1) is 12.6. The number of methoxy groups -OCH3 is 1. The van der Waals surface area contributed by atoms with Gasteiger partial charge in [-0.15, -0.1) is 0 Å². The summed E-state index contributed by atoms with van der Waals surface area (Å²) in [6.45, 7) is 5.31. The third kappa shape index (κ3) is 3.93. The van der Waals surface area contributed by atoms with Crippen molar-refractivity contribution in [2.75, 3.05) is 25.6 Å². The van der Waals surface area contributed by atoms with Crippen molar-refractivity contribution in [2.24, 2.45) is 16.5 Å². The highest BCUT2D eigenvalue weighted by atomic mass is 35.5. The molecule has 2 aromatic rings. The monoisotopic (exact) mass is 408 g/mol. The fourth-order valence-electron chi connectivity index (χ4n) is 3.97. The highest BCUT2D eigenvalue weighted by Gasteiger charge is 2.58. The molecule has 146 valence electrons. The van der Waals surface area contributed by atoms with Gasteiger partial charge in [0.1, 0.15) is 5.75 Å². The zero-order chi connectivity index (χ0) is 20.0. The van der Waals surface area contributed by atoms with E-state index in [0.717, 1.165) is 23.5 Å². The number of nitrogens with zero attached hydrogens (tertiary/aromatic N) is 1. The first-order valence-corrected chi connectivity index (χ1v) is 10.7. The lowest BCUT2D eigenvalue weighted by atomic mass is 10.0. The van der Waals surface area contributed by atoms with Crippen LogP contribution in [0.1, 0.15) is 25.3 Å². The van der Waals surface area contributed by atoms with Crippen molar-refractivity contribution in [1.29, 1.82) is 0 Å². The molecule has 0 aromatic heterocycles. The molecule has 0 spiro atoms. The number of rotatable bonds is 6. The topological polar surface area (TPSA) is 72.6 Å². The molecule has 0 bridgehead atoms. The van der Waals surface area contributed by atoms with Crippen LogP contribution in [0.25, 0.3) is 0 Å². The fraction of sp³-hybridized carbons (Fsp3) is 0.400. The van der Waals surface area contributed by atoms with Gasteiger partial charge in [-0.05, 0) is 53.1 Å². The van der Waals surface area contributed by atoms with E-state index < -0.39 is 10.0 Å². The maximum atomic E-state index is 11.5. The molecule has 2 aromatic carbocycles. The summed E-state index contributed by atoms with van der Waals surface area (Å²) in [6.07, 6.45) is 0. The van der Waals surface area contributed by atoms with Crippen molar-refractivity contribution in [2.45, 2.75) is 24.7 Å². The molecule has 5 nitrogen and oxygen atoms in total. The minimum atomic E-state index is -3.67. The Bertz CT molecular complexity index is 942. The minimum absolute atomic E-state index is 0.114. The molecule has 27 heavy (non-hydrogen) atoms. The van der Waals surface area contributed by atoms with Crippen LogP contribution in [0.3, 0.4) is 0 Å². The van der Waals surface area contributed by atoms with Crippen molar-refractivity contribution in [3.05, 3.63) is 53.1 Å². The Hall–Kier alpha value is -1.76. The Morgan fingerprint density at radius 1 is 1.19 bits per heavy atom. The molecule has 2 N–H and O–H groups in total. The van der Waals surface area contributed by atoms with Crippen LogP contribution in [0.5, 0.6) is 5.75 Å². The van der Waals surface area contributed by atoms with E-state index in [1.165, 1.54) is 0 Å². The zero-order valence-corrected chi connectivity index (χ0v) is 17.5. The Kier molecular flexibility index (Phi) is 5.18. The number of anilines is 1. The largest absolute Gasteiger partial charge is 0.495 e. The number of benzene rings is 2. The van der Waals surface area contributed by atoms with Crippen LogP contribution in [0.15, 0.2) is 47.4 Å².